The van der Waals surface area contributed by atoms with Gasteiger partial charge in [-0.25, -0.2) is 4.99 Å². The normalized spacial score (nSPS) is 24.0. The lowest BCUT2D eigenvalue weighted by Gasteiger charge is -2.21. The molecular formula is C12H21NO. The summed E-state index contributed by atoms with van der Waals surface area (Å²) in [5, 5.41) is 0. The van der Waals surface area contributed by atoms with E-state index in [4.69, 9.17) is 4.74 Å². The molecule has 0 radical (unpaired) electrons. The van der Waals surface area contributed by atoms with Crippen LogP contribution in [0.5, 0.6) is 0 Å². The Morgan fingerprint density at radius 3 is 2.71 bits per heavy atom. The van der Waals surface area contributed by atoms with Crippen molar-refractivity contribution in [3.63, 3.8) is 0 Å². The molecule has 2 atom stereocenters. The third-order valence-corrected chi connectivity index (χ3v) is 2.61. The molecule has 0 aliphatic carbocycles. The smallest absolute Gasteiger partial charge is 0.186 e. The zero-order valence-electron chi connectivity index (χ0n) is 9.71. The molecule has 0 bridgehead atoms. The minimum absolute atomic E-state index is 0.204. The van der Waals surface area contributed by atoms with Gasteiger partial charge in [0.25, 0.3) is 0 Å². The Morgan fingerprint density at radius 1 is 1.64 bits per heavy atom. The van der Waals surface area contributed by atoms with E-state index in [1.807, 2.05) is 6.08 Å². The molecule has 0 spiro atoms. The van der Waals surface area contributed by atoms with Gasteiger partial charge in [-0.1, -0.05) is 33.8 Å². The first-order valence-electron chi connectivity index (χ1n) is 5.26. The van der Waals surface area contributed by atoms with Gasteiger partial charge in [-0.05, 0) is 11.8 Å². The Balaban J connectivity index is 2.62. The van der Waals surface area contributed by atoms with E-state index in [1.165, 1.54) is 0 Å². The van der Waals surface area contributed by atoms with Gasteiger partial charge in [-0.15, -0.1) is 6.58 Å². The van der Waals surface area contributed by atoms with Crippen molar-refractivity contribution in [1.29, 1.82) is 0 Å². The highest BCUT2D eigenvalue weighted by Crippen LogP contribution is 2.27. The van der Waals surface area contributed by atoms with E-state index >= 15 is 0 Å². The highest BCUT2D eigenvalue weighted by molar-refractivity contribution is 5.80. The number of allylic oxidation sites excluding steroid dienone is 1. The Morgan fingerprint density at radius 2 is 2.29 bits per heavy atom. The van der Waals surface area contributed by atoms with Crippen molar-refractivity contribution < 1.29 is 4.74 Å². The first-order chi connectivity index (χ1) is 6.45. The van der Waals surface area contributed by atoms with Crippen LogP contribution in [-0.4, -0.2) is 18.5 Å². The summed E-state index contributed by atoms with van der Waals surface area (Å²) in [4.78, 5) is 4.62. The topological polar surface area (TPSA) is 21.6 Å². The maximum absolute atomic E-state index is 5.61. The second-order valence-corrected chi connectivity index (χ2v) is 5.09. The molecule has 1 heterocycles. The number of aliphatic imine (C=N–C) groups is 1. The molecule has 2 nitrogen and oxygen atoms in total. The van der Waals surface area contributed by atoms with Crippen LogP contribution < -0.4 is 0 Å². The summed E-state index contributed by atoms with van der Waals surface area (Å²) in [6.07, 6.45) is 2.86. The van der Waals surface area contributed by atoms with Gasteiger partial charge in [0.05, 0.1) is 6.04 Å². The average Bonchev–Trinajstić information content (AvgIpc) is 2.51. The third kappa shape index (κ3) is 2.60. The molecule has 14 heavy (non-hydrogen) atoms. The average molecular weight is 195 g/mol. The van der Waals surface area contributed by atoms with Gasteiger partial charge in [-0.2, -0.15) is 0 Å². The highest BCUT2D eigenvalue weighted by Gasteiger charge is 2.31. The number of hydrogen-bond acceptors (Lipinski definition) is 2. The molecule has 0 unspecified atom stereocenters. The maximum atomic E-state index is 5.61. The summed E-state index contributed by atoms with van der Waals surface area (Å²) in [6.45, 7) is 13.2. The summed E-state index contributed by atoms with van der Waals surface area (Å²) >= 11 is 0. The molecule has 1 aliphatic rings. The molecule has 0 aromatic rings. The summed E-state index contributed by atoms with van der Waals surface area (Å²) in [7, 11) is 0. The number of nitrogens with zero attached hydrogens (tertiary/aromatic N) is 1. The van der Waals surface area contributed by atoms with E-state index in [1.54, 1.807) is 0 Å². The van der Waals surface area contributed by atoms with Crippen LogP contribution in [0.15, 0.2) is 17.6 Å². The highest BCUT2D eigenvalue weighted by atomic mass is 16.5. The standard InChI is InChI=1S/C12H21NO/c1-6-7-9(2)11-13-10(8-14-11)12(3,4)5/h6,9-10H,1,7-8H2,2-5H3/t9-,10-/m0/s1. The second-order valence-electron chi connectivity index (χ2n) is 5.09. The van der Waals surface area contributed by atoms with Crippen LogP contribution in [0.1, 0.15) is 34.1 Å². The third-order valence-electron chi connectivity index (χ3n) is 2.61. The van der Waals surface area contributed by atoms with Gasteiger partial charge in [0, 0.05) is 5.92 Å². The molecule has 1 rings (SSSR count). The van der Waals surface area contributed by atoms with E-state index in [0.29, 0.717) is 12.0 Å². The van der Waals surface area contributed by atoms with Crippen LogP contribution in [0.2, 0.25) is 0 Å². The van der Waals surface area contributed by atoms with Crippen molar-refractivity contribution in [3.8, 4) is 0 Å². The van der Waals surface area contributed by atoms with E-state index < -0.39 is 0 Å². The van der Waals surface area contributed by atoms with E-state index in [-0.39, 0.29) is 5.41 Å². The van der Waals surface area contributed by atoms with Crippen LogP contribution >= 0.6 is 0 Å². The van der Waals surface area contributed by atoms with Crippen molar-refractivity contribution in [2.24, 2.45) is 16.3 Å². The predicted octanol–water partition coefficient (Wildman–Crippen LogP) is 3.04. The number of rotatable bonds is 3. The minimum Gasteiger partial charge on any atom is -0.478 e. The molecule has 0 fully saturated rings. The van der Waals surface area contributed by atoms with Crippen molar-refractivity contribution in [1.82, 2.24) is 0 Å². The quantitative estimate of drug-likeness (QED) is 0.634. The van der Waals surface area contributed by atoms with Crippen molar-refractivity contribution in [2.45, 2.75) is 40.2 Å². The first-order valence-corrected chi connectivity index (χ1v) is 5.26. The molecule has 0 N–H and O–H groups in total. The number of ether oxygens (including phenoxy) is 1. The molecule has 0 aromatic heterocycles. The van der Waals surface area contributed by atoms with Crippen molar-refractivity contribution in [3.05, 3.63) is 12.7 Å². The van der Waals surface area contributed by atoms with Crippen LogP contribution in [0.25, 0.3) is 0 Å². The van der Waals surface area contributed by atoms with Crippen LogP contribution in [0.4, 0.5) is 0 Å². The Labute approximate surface area is 87.1 Å². The molecular weight excluding hydrogens is 174 g/mol. The molecule has 1 aliphatic heterocycles. The van der Waals surface area contributed by atoms with Crippen LogP contribution in [0, 0.1) is 11.3 Å². The predicted molar refractivity (Wildman–Crippen MR) is 60.6 cm³/mol. The summed E-state index contributed by atoms with van der Waals surface area (Å²) < 4.78 is 5.61. The van der Waals surface area contributed by atoms with Gasteiger partial charge in [0.15, 0.2) is 5.90 Å². The largest absolute Gasteiger partial charge is 0.478 e. The Hall–Kier alpha value is -0.790. The zero-order valence-corrected chi connectivity index (χ0v) is 9.71. The maximum Gasteiger partial charge on any atom is 0.186 e. The number of hydrogen-bond donors (Lipinski definition) is 0. The van der Waals surface area contributed by atoms with Crippen LogP contribution in [0.3, 0.4) is 0 Å². The lowest BCUT2D eigenvalue weighted by atomic mass is 9.88. The van der Waals surface area contributed by atoms with Gasteiger partial charge < -0.3 is 4.74 Å². The minimum atomic E-state index is 0.204. The summed E-state index contributed by atoms with van der Waals surface area (Å²) in [5.74, 6) is 1.28. The molecule has 2 heteroatoms. The second kappa shape index (κ2) is 4.16. The monoisotopic (exact) mass is 195 g/mol. The fourth-order valence-electron chi connectivity index (χ4n) is 1.46. The molecule has 0 saturated heterocycles. The Bertz CT molecular complexity index is 237. The molecule has 0 aromatic carbocycles. The van der Waals surface area contributed by atoms with Crippen LogP contribution in [-0.2, 0) is 4.74 Å². The van der Waals surface area contributed by atoms with Crippen molar-refractivity contribution in [2.75, 3.05) is 6.61 Å². The van der Waals surface area contributed by atoms with Crippen molar-refractivity contribution >= 4 is 5.90 Å². The molecule has 0 saturated carbocycles. The van der Waals surface area contributed by atoms with Gasteiger partial charge in [0.1, 0.15) is 6.61 Å². The Kier molecular flexibility index (Phi) is 3.35. The van der Waals surface area contributed by atoms with E-state index in [9.17, 15) is 0 Å². The van der Waals surface area contributed by atoms with E-state index in [0.717, 1.165) is 18.9 Å². The fourth-order valence-corrected chi connectivity index (χ4v) is 1.46. The van der Waals surface area contributed by atoms with Gasteiger partial charge in [0.2, 0.25) is 0 Å². The van der Waals surface area contributed by atoms with E-state index in [2.05, 4.69) is 39.3 Å². The first kappa shape index (κ1) is 11.3. The summed E-state index contributed by atoms with van der Waals surface area (Å²) in [6, 6.07) is 0.310. The molecule has 80 valence electrons. The molecule has 0 amide bonds. The van der Waals surface area contributed by atoms with Gasteiger partial charge >= 0.3 is 0 Å². The fraction of sp³-hybridized carbons (Fsp3) is 0.750. The zero-order chi connectivity index (χ0) is 10.8. The summed E-state index contributed by atoms with van der Waals surface area (Å²) in [5.41, 5.74) is 0.204. The lowest BCUT2D eigenvalue weighted by Crippen LogP contribution is -2.25. The van der Waals surface area contributed by atoms with Gasteiger partial charge in [-0.3, -0.25) is 0 Å². The lowest BCUT2D eigenvalue weighted by molar-refractivity contribution is 0.229. The SMILES string of the molecule is C=CC[C@H](C)C1=N[C@H](C(C)(C)C)CO1.